The van der Waals surface area contributed by atoms with E-state index in [4.69, 9.17) is 4.74 Å². The van der Waals surface area contributed by atoms with Crippen molar-refractivity contribution in [3.05, 3.63) is 34.9 Å². The summed E-state index contributed by atoms with van der Waals surface area (Å²) in [5.41, 5.74) is 2.08. The topological polar surface area (TPSA) is 87.7 Å². The molecule has 0 fully saturated rings. The summed E-state index contributed by atoms with van der Waals surface area (Å²) in [6.45, 7) is 18.0. The predicted octanol–water partition coefficient (Wildman–Crippen LogP) is 5.05. The Hall–Kier alpha value is -2.57. The molecule has 34 heavy (non-hydrogen) atoms. The first-order valence-corrected chi connectivity index (χ1v) is 12.5. The highest BCUT2D eigenvalue weighted by atomic mass is 16.6. The van der Waals surface area contributed by atoms with Gasteiger partial charge >= 0.3 is 6.09 Å². The van der Waals surface area contributed by atoms with Gasteiger partial charge in [0.25, 0.3) is 0 Å². The summed E-state index contributed by atoms with van der Waals surface area (Å²) in [5.74, 6) is -0.690. The normalized spacial score (nSPS) is 13.2. The molecule has 0 aliphatic rings. The van der Waals surface area contributed by atoms with E-state index in [1.807, 2.05) is 52.8 Å². The maximum absolute atomic E-state index is 13.9. The van der Waals surface area contributed by atoms with E-state index < -0.39 is 23.8 Å². The van der Waals surface area contributed by atoms with Crippen LogP contribution in [-0.2, 0) is 14.3 Å². The van der Waals surface area contributed by atoms with Gasteiger partial charge in [-0.05, 0) is 64.5 Å². The lowest BCUT2D eigenvalue weighted by Gasteiger charge is -2.36. The van der Waals surface area contributed by atoms with Crippen molar-refractivity contribution >= 4 is 17.9 Å². The Bertz CT molecular complexity index is 830. The summed E-state index contributed by atoms with van der Waals surface area (Å²) in [7, 11) is 0. The Kier molecular flexibility index (Phi) is 11.6. The maximum Gasteiger partial charge on any atom is 0.408 e. The summed E-state index contributed by atoms with van der Waals surface area (Å²) in [6, 6.07) is 4.34. The molecule has 0 aromatic heterocycles. The molecular weight excluding hydrogens is 430 g/mol. The highest BCUT2D eigenvalue weighted by Crippen LogP contribution is 2.27. The van der Waals surface area contributed by atoms with Gasteiger partial charge in [-0.2, -0.15) is 0 Å². The van der Waals surface area contributed by atoms with E-state index in [-0.39, 0.29) is 17.7 Å². The Morgan fingerprint density at radius 3 is 2.24 bits per heavy atom. The van der Waals surface area contributed by atoms with Gasteiger partial charge in [0.2, 0.25) is 11.8 Å². The van der Waals surface area contributed by atoms with Crippen molar-refractivity contribution in [3.8, 4) is 0 Å². The van der Waals surface area contributed by atoms with Crippen molar-refractivity contribution in [2.75, 3.05) is 13.1 Å². The van der Waals surface area contributed by atoms with E-state index in [9.17, 15) is 14.4 Å². The summed E-state index contributed by atoms with van der Waals surface area (Å²) < 4.78 is 5.40. The van der Waals surface area contributed by atoms with Crippen molar-refractivity contribution in [2.45, 2.75) is 99.3 Å². The fourth-order valence-electron chi connectivity index (χ4n) is 3.72. The Balaban J connectivity index is 3.43. The van der Waals surface area contributed by atoms with Crippen LogP contribution in [0.4, 0.5) is 4.79 Å². The molecular formula is C27H45N3O4. The largest absolute Gasteiger partial charge is 0.444 e. The number of hydrogen-bond acceptors (Lipinski definition) is 4. The third kappa shape index (κ3) is 8.99. The van der Waals surface area contributed by atoms with Crippen LogP contribution >= 0.6 is 0 Å². The number of amides is 3. The summed E-state index contributed by atoms with van der Waals surface area (Å²) in [6.07, 6.45) is 1.85. The number of alkyl carbamates (subject to hydrolysis) is 1. The van der Waals surface area contributed by atoms with Crippen molar-refractivity contribution in [2.24, 2.45) is 5.92 Å². The van der Waals surface area contributed by atoms with E-state index in [1.54, 1.807) is 25.7 Å². The number of carbonyl (C=O) groups excluding carboxylic acids is 3. The zero-order chi connectivity index (χ0) is 26.1. The van der Waals surface area contributed by atoms with Gasteiger partial charge in [0.1, 0.15) is 17.7 Å². The van der Waals surface area contributed by atoms with Crippen LogP contribution in [0.5, 0.6) is 0 Å². The lowest BCUT2D eigenvalue weighted by molar-refractivity contribution is -0.143. The van der Waals surface area contributed by atoms with Crippen molar-refractivity contribution in [1.29, 1.82) is 0 Å². The highest BCUT2D eigenvalue weighted by Gasteiger charge is 2.37. The lowest BCUT2D eigenvalue weighted by Crippen LogP contribution is -2.55. The third-order valence-electron chi connectivity index (χ3n) is 5.47. The van der Waals surface area contributed by atoms with E-state index in [2.05, 4.69) is 17.6 Å². The van der Waals surface area contributed by atoms with Crippen LogP contribution in [0.25, 0.3) is 0 Å². The molecule has 7 heteroatoms. The van der Waals surface area contributed by atoms with Crippen LogP contribution in [0.15, 0.2) is 18.2 Å². The molecule has 2 N–H and O–H groups in total. The van der Waals surface area contributed by atoms with Crippen LogP contribution < -0.4 is 10.6 Å². The lowest BCUT2D eigenvalue weighted by atomic mass is 9.94. The minimum absolute atomic E-state index is 0.193. The number of ether oxygens (including phenoxy) is 1. The molecule has 0 aliphatic heterocycles. The molecule has 3 amide bonds. The van der Waals surface area contributed by atoms with Crippen molar-refractivity contribution in [1.82, 2.24) is 15.5 Å². The number of nitrogens with zero attached hydrogens (tertiary/aromatic N) is 1. The van der Waals surface area contributed by atoms with E-state index in [1.165, 1.54) is 0 Å². The van der Waals surface area contributed by atoms with Crippen molar-refractivity contribution < 1.29 is 19.1 Å². The van der Waals surface area contributed by atoms with E-state index in [0.29, 0.717) is 19.5 Å². The van der Waals surface area contributed by atoms with Gasteiger partial charge in [-0.1, -0.05) is 57.9 Å². The Morgan fingerprint density at radius 1 is 1.06 bits per heavy atom. The third-order valence-corrected chi connectivity index (χ3v) is 5.47. The second kappa shape index (κ2) is 13.4. The molecule has 0 saturated carbocycles. The van der Waals surface area contributed by atoms with E-state index in [0.717, 1.165) is 29.5 Å². The Labute approximate surface area is 206 Å². The first kappa shape index (κ1) is 29.5. The molecule has 0 bridgehead atoms. The molecule has 2 unspecified atom stereocenters. The number of rotatable bonds is 11. The zero-order valence-electron chi connectivity index (χ0n) is 22.6. The number of nitrogens with one attached hydrogen (secondary N) is 2. The monoisotopic (exact) mass is 475 g/mol. The molecule has 0 radical (unpaired) electrons. The van der Waals surface area contributed by atoms with E-state index >= 15 is 0 Å². The van der Waals surface area contributed by atoms with Crippen LogP contribution in [0.3, 0.4) is 0 Å². The predicted molar refractivity (Wildman–Crippen MR) is 137 cm³/mol. The summed E-state index contributed by atoms with van der Waals surface area (Å²) >= 11 is 0. The smallest absolute Gasteiger partial charge is 0.408 e. The average molecular weight is 476 g/mol. The first-order valence-electron chi connectivity index (χ1n) is 12.5. The van der Waals surface area contributed by atoms with Crippen LogP contribution in [-0.4, -0.2) is 47.5 Å². The van der Waals surface area contributed by atoms with Crippen LogP contribution in [0, 0.1) is 19.8 Å². The fraction of sp³-hybridized carbons (Fsp3) is 0.667. The fourth-order valence-corrected chi connectivity index (χ4v) is 3.72. The molecule has 0 spiro atoms. The number of unbranched alkanes of at least 4 members (excludes halogenated alkanes) is 1. The molecule has 0 heterocycles. The standard InChI is InChI=1S/C27H45N3O4/c1-10-12-15-28-24(31)23(21-17-19(5)13-14-20(21)6)30(16-11-2)25(32)22(18(3)4)29-26(33)34-27(7,8)9/h13-14,17-18,22-23H,10-12,15-16H2,1-9H3,(H,28,31)(H,29,33). The number of carbonyl (C=O) groups is 3. The molecule has 192 valence electrons. The molecule has 0 aliphatic carbocycles. The first-order chi connectivity index (χ1) is 15.8. The molecule has 1 aromatic rings. The number of hydrogen-bond donors (Lipinski definition) is 2. The van der Waals surface area contributed by atoms with Gasteiger partial charge in [0.15, 0.2) is 0 Å². The van der Waals surface area contributed by atoms with Gasteiger partial charge in [0.05, 0.1) is 0 Å². The number of benzene rings is 1. The summed E-state index contributed by atoms with van der Waals surface area (Å²) in [5, 5.41) is 5.77. The maximum atomic E-state index is 13.9. The Morgan fingerprint density at radius 2 is 1.71 bits per heavy atom. The molecule has 1 aromatic carbocycles. The van der Waals surface area contributed by atoms with Crippen molar-refractivity contribution in [3.63, 3.8) is 0 Å². The second-order valence-corrected chi connectivity index (χ2v) is 10.3. The number of aryl methyl sites for hydroxylation is 2. The minimum Gasteiger partial charge on any atom is -0.444 e. The molecule has 2 atom stereocenters. The second-order valence-electron chi connectivity index (χ2n) is 10.3. The molecule has 7 nitrogen and oxygen atoms in total. The van der Waals surface area contributed by atoms with Gasteiger partial charge in [-0.3, -0.25) is 9.59 Å². The van der Waals surface area contributed by atoms with Gasteiger partial charge in [-0.15, -0.1) is 0 Å². The minimum atomic E-state index is -0.822. The zero-order valence-corrected chi connectivity index (χ0v) is 22.6. The summed E-state index contributed by atoms with van der Waals surface area (Å²) in [4.78, 5) is 41.5. The highest BCUT2D eigenvalue weighted by molar-refractivity contribution is 5.92. The van der Waals surface area contributed by atoms with Gasteiger partial charge in [-0.25, -0.2) is 4.79 Å². The van der Waals surface area contributed by atoms with Crippen LogP contribution in [0.2, 0.25) is 0 Å². The average Bonchev–Trinajstić information content (AvgIpc) is 2.72. The van der Waals surface area contributed by atoms with Gasteiger partial charge < -0.3 is 20.3 Å². The SMILES string of the molecule is CCCCNC(=O)C(c1cc(C)ccc1C)N(CCC)C(=O)C(NC(=O)OC(C)(C)C)C(C)C. The molecule has 0 saturated heterocycles. The molecule has 1 rings (SSSR count). The van der Waals surface area contributed by atoms with Gasteiger partial charge in [0, 0.05) is 13.1 Å². The quantitative estimate of drug-likeness (QED) is 0.439. The van der Waals surface area contributed by atoms with Crippen LogP contribution in [0.1, 0.15) is 90.5 Å².